The number of carbonyl (C=O) groups is 1. The number of hydrogen-bond donors (Lipinski definition) is 1. The van der Waals surface area contributed by atoms with Crippen LogP contribution in [0, 0.1) is 5.92 Å². The van der Waals surface area contributed by atoms with Gasteiger partial charge in [-0.05, 0) is 5.92 Å². The summed E-state index contributed by atoms with van der Waals surface area (Å²) in [4.78, 5) is 22.0. The first-order valence-corrected chi connectivity index (χ1v) is 6.50. The molecule has 0 radical (unpaired) electrons. The number of nitrogens with zero attached hydrogens (tertiary/aromatic N) is 3. The van der Waals surface area contributed by atoms with Crippen molar-refractivity contribution in [1.82, 2.24) is 15.3 Å². The molecule has 19 heavy (non-hydrogen) atoms. The molecule has 1 fully saturated rings. The first kappa shape index (κ1) is 13.7. The zero-order chi connectivity index (χ0) is 13.8. The van der Waals surface area contributed by atoms with Crippen LogP contribution in [0.5, 0.6) is 0 Å². The van der Waals surface area contributed by atoms with Gasteiger partial charge in [-0.2, -0.15) is 0 Å². The number of carbonyl (C=O) groups excluding carboxylic acids is 1. The molecule has 0 spiro atoms. The second-order valence-corrected chi connectivity index (χ2v) is 5.01. The summed E-state index contributed by atoms with van der Waals surface area (Å²) >= 11 is 0. The molecule has 0 aliphatic carbocycles. The molecule has 1 unspecified atom stereocenters. The van der Waals surface area contributed by atoms with Crippen LogP contribution >= 0.6 is 0 Å². The molecule has 1 aliphatic heterocycles. The Hall–Kier alpha value is -1.69. The van der Waals surface area contributed by atoms with Crippen LogP contribution in [0.2, 0.25) is 0 Å². The average Bonchev–Trinajstić information content (AvgIpc) is 2.46. The number of rotatable bonds is 3. The maximum atomic E-state index is 11.3. The van der Waals surface area contributed by atoms with Gasteiger partial charge in [0, 0.05) is 38.1 Å². The lowest BCUT2D eigenvalue weighted by Crippen LogP contribution is -2.53. The van der Waals surface area contributed by atoms with Crippen molar-refractivity contribution < 1.29 is 9.53 Å². The third-order valence-electron chi connectivity index (χ3n) is 3.35. The van der Waals surface area contributed by atoms with E-state index in [2.05, 4.69) is 38.8 Å². The summed E-state index contributed by atoms with van der Waals surface area (Å²) in [7, 11) is 1.35. The number of ether oxygens (including phenoxy) is 1. The molecule has 1 atom stereocenters. The van der Waals surface area contributed by atoms with Gasteiger partial charge in [0.25, 0.3) is 0 Å². The van der Waals surface area contributed by atoms with Crippen molar-refractivity contribution >= 4 is 11.9 Å². The molecule has 1 aromatic heterocycles. The molecule has 0 amide bonds. The van der Waals surface area contributed by atoms with Crippen LogP contribution in [0.4, 0.5) is 5.95 Å². The quantitative estimate of drug-likeness (QED) is 0.811. The van der Waals surface area contributed by atoms with Gasteiger partial charge in [-0.25, -0.2) is 14.8 Å². The number of anilines is 1. The summed E-state index contributed by atoms with van der Waals surface area (Å²) in [5.41, 5.74) is 0.377. The van der Waals surface area contributed by atoms with Crippen molar-refractivity contribution in [2.24, 2.45) is 5.92 Å². The Balaban J connectivity index is 2.07. The molecule has 1 N–H and O–H groups in total. The van der Waals surface area contributed by atoms with Crippen molar-refractivity contribution in [3.63, 3.8) is 0 Å². The molecule has 104 valence electrons. The van der Waals surface area contributed by atoms with Crippen LogP contribution in [-0.4, -0.2) is 48.7 Å². The van der Waals surface area contributed by atoms with Crippen LogP contribution in [0.3, 0.4) is 0 Å². The predicted octanol–water partition coefficient (Wildman–Crippen LogP) is 0.697. The molecular weight excluding hydrogens is 244 g/mol. The van der Waals surface area contributed by atoms with Crippen molar-refractivity contribution in [2.45, 2.75) is 19.9 Å². The number of aromatic nitrogens is 2. The Bertz CT molecular complexity index is 433. The molecule has 1 aromatic rings. The zero-order valence-electron chi connectivity index (χ0n) is 11.6. The van der Waals surface area contributed by atoms with Gasteiger partial charge in [0.2, 0.25) is 5.95 Å². The van der Waals surface area contributed by atoms with Gasteiger partial charge in [-0.1, -0.05) is 13.8 Å². The van der Waals surface area contributed by atoms with Crippen molar-refractivity contribution in [2.75, 3.05) is 31.6 Å². The van der Waals surface area contributed by atoms with Crippen LogP contribution in [0.25, 0.3) is 0 Å². The maximum Gasteiger partial charge on any atom is 0.341 e. The zero-order valence-corrected chi connectivity index (χ0v) is 11.6. The summed E-state index contributed by atoms with van der Waals surface area (Å²) in [6.45, 7) is 7.08. The highest BCUT2D eigenvalue weighted by Crippen LogP contribution is 2.14. The number of methoxy groups -OCH3 is 1. The Morgan fingerprint density at radius 1 is 1.47 bits per heavy atom. The first-order chi connectivity index (χ1) is 9.11. The minimum Gasteiger partial charge on any atom is -0.465 e. The molecule has 1 aliphatic rings. The first-order valence-electron chi connectivity index (χ1n) is 6.50. The predicted molar refractivity (Wildman–Crippen MR) is 72.2 cm³/mol. The van der Waals surface area contributed by atoms with Gasteiger partial charge in [-0.3, -0.25) is 0 Å². The fourth-order valence-electron chi connectivity index (χ4n) is 2.11. The highest BCUT2D eigenvalue weighted by atomic mass is 16.5. The molecule has 0 bridgehead atoms. The second-order valence-electron chi connectivity index (χ2n) is 5.01. The van der Waals surface area contributed by atoms with Gasteiger partial charge in [-0.15, -0.1) is 0 Å². The van der Waals surface area contributed by atoms with E-state index in [1.807, 2.05) is 0 Å². The lowest BCUT2D eigenvalue weighted by atomic mass is 10.0. The summed E-state index contributed by atoms with van der Waals surface area (Å²) in [5.74, 6) is 0.823. The van der Waals surface area contributed by atoms with Crippen molar-refractivity contribution in [1.29, 1.82) is 0 Å². The Labute approximate surface area is 113 Å². The Morgan fingerprint density at radius 3 is 2.74 bits per heavy atom. The SMILES string of the molecule is COC(=O)c1cnc(N2CCNC(C(C)C)C2)nc1. The molecule has 1 saturated heterocycles. The third-order valence-corrected chi connectivity index (χ3v) is 3.35. The van der Waals surface area contributed by atoms with E-state index in [1.165, 1.54) is 19.5 Å². The lowest BCUT2D eigenvalue weighted by Gasteiger charge is -2.35. The van der Waals surface area contributed by atoms with E-state index in [4.69, 9.17) is 0 Å². The van der Waals surface area contributed by atoms with E-state index in [9.17, 15) is 4.79 Å². The summed E-state index contributed by atoms with van der Waals surface area (Å²) in [5, 5.41) is 3.49. The van der Waals surface area contributed by atoms with E-state index < -0.39 is 5.97 Å². The number of hydrogen-bond acceptors (Lipinski definition) is 6. The molecule has 2 rings (SSSR count). The van der Waals surface area contributed by atoms with E-state index >= 15 is 0 Å². The molecular formula is C13H20N4O2. The summed E-state index contributed by atoms with van der Waals surface area (Å²) in [6.07, 6.45) is 3.03. The number of nitrogens with one attached hydrogen (secondary N) is 1. The molecule has 6 nitrogen and oxygen atoms in total. The molecule has 0 saturated carbocycles. The third kappa shape index (κ3) is 3.20. The number of esters is 1. The van der Waals surface area contributed by atoms with Gasteiger partial charge < -0.3 is 15.0 Å². The highest BCUT2D eigenvalue weighted by Gasteiger charge is 2.23. The maximum absolute atomic E-state index is 11.3. The van der Waals surface area contributed by atoms with Crippen LogP contribution in [-0.2, 0) is 4.74 Å². The van der Waals surface area contributed by atoms with Crippen molar-refractivity contribution in [3.05, 3.63) is 18.0 Å². The highest BCUT2D eigenvalue weighted by molar-refractivity contribution is 5.88. The van der Waals surface area contributed by atoms with Gasteiger partial charge in [0.05, 0.1) is 12.7 Å². The minimum atomic E-state index is -0.410. The van der Waals surface area contributed by atoms with Crippen molar-refractivity contribution in [3.8, 4) is 0 Å². The fraction of sp³-hybridized carbons (Fsp3) is 0.615. The van der Waals surface area contributed by atoms with E-state index in [0.29, 0.717) is 23.5 Å². The van der Waals surface area contributed by atoms with Crippen LogP contribution < -0.4 is 10.2 Å². The van der Waals surface area contributed by atoms with Gasteiger partial charge >= 0.3 is 5.97 Å². The monoisotopic (exact) mass is 264 g/mol. The van der Waals surface area contributed by atoms with E-state index in [-0.39, 0.29) is 0 Å². The standard InChI is InChI=1S/C13H20N4O2/c1-9(2)11-8-17(5-4-14-11)13-15-6-10(7-16-13)12(18)19-3/h6-7,9,11,14H,4-5,8H2,1-3H3. The lowest BCUT2D eigenvalue weighted by molar-refractivity contribution is 0.0600. The van der Waals surface area contributed by atoms with E-state index in [1.54, 1.807) is 0 Å². The Kier molecular flexibility index (Phi) is 4.31. The van der Waals surface area contributed by atoms with Gasteiger partial charge in [0.15, 0.2) is 0 Å². The summed E-state index contributed by atoms with van der Waals surface area (Å²) < 4.78 is 4.63. The topological polar surface area (TPSA) is 67.3 Å². The average molecular weight is 264 g/mol. The van der Waals surface area contributed by atoms with Crippen LogP contribution in [0.15, 0.2) is 12.4 Å². The molecule has 2 heterocycles. The summed E-state index contributed by atoms with van der Waals surface area (Å²) in [6, 6.07) is 0.442. The fourth-order valence-corrected chi connectivity index (χ4v) is 2.11. The molecule has 0 aromatic carbocycles. The van der Waals surface area contributed by atoms with Crippen LogP contribution in [0.1, 0.15) is 24.2 Å². The van der Waals surface area contributed by atoms with Gasteiger partial charge in [0.1, 0.15) is 0 Å². The molecule has 6 heteroatoms. The second kappa shape index (κ2) is 5.97. The Morgan fingerprint density at radius 2 is 2.16 bits per heavy atom. The normalized spacial score (nSPS) is 19.6. The smallest absolute Gasteiger partial charge is 0.341 e. The minimum absolute atomic E-state index is 0.377. The van der Waals surface area contributed by atoms with E-state index in [0.717, 1.165) is 19.6 Å². The number of piperazine rings is 1. The largest absolute Gasteiger partial charge is 0.465 e.